The number of methoxy groups -OCH3 is 1. The number of nitrogens with zero attached hydrogens (tertiary/aromatic N) is 3. The quantitative estimate of drug-likeness (QED) is 0.870. The van der Waals surface area contributed by atoms with Crippen molar-refractivity contribution in [1.29, 1.82) is 0 Å². The summed E-state index contributed by atoms with van der Waals surface area (Å²) >= 11 is 0. The summed E-state index contributed by atoms with van der Waals surface area (Å²) in [5, 5.41) is 2.64. The van der Waals surface area contributed by atoms with Crippen LogP contribution in [0.1, 0.15) is 18.7 Å². The monoisotopic (exact) mass is 290 g/mol. The summed E-state index contributed by atoms with van der Waals surface area (Å²) in [4.78, 5) is 8.97. The molecule has 1 saturated carbocycles. The molecule has 0 spiro atoms. The van der Waals surface area contributed by atoms with Crippen molar-refractivity contribution >= 4 is 11.6 Å². The molecule has 20 heavy (non-hydrogen) atoms. The van der Waals surface area contributed by atoms with E-state index < -0.39 is 12.0 Å². The standard InChI is InChI=1S/C12H17F3N4O/c1-16-9-7-10(18-11(17-9)12(13,14)15)19(5-6-20-2)8-3-4-8/h7-8H,3-6H2,1-2H3,(H,16,17,18). The minimum atomic E-state index is -4.56. The predicted molar refractivity (Wildman–Crippen MR) is 68.8 cm³/mol. The Kier molecular flexibility index (Phi) is 4.32. The summed E-state index contributed by atoms with van der Waals surface area (Å²) < 4.78 is 43.5. The zero-order chi connectivity index (χ0) is 14.8. The van der Waals surface area contributed by atoms with Gasteiger partial charge in [-0.2, -0.15) is 13.2 Å². The molecule has 1 fully saturated rings. The molecule has 1 aromatic heterocycles. The molecular weight excluding hydrogens is 273 g/mol. The fraction of sp³-hybridized carbons (Fsp3) is 0.667. The molecule has 1 heterocycles. The highest BCUT2D eigenvalue weighted by Crippen LogP contribution is 2.34. The molecule has 5 nitrogen and oxygen atoms in total. The lowest BCUT2D eigenvalue weighted by atomic mass is 10.4. The van der Waals surface area contributed by atoms with E-state index in [0.29, 0.717) is 13.2 Å². The largest absolute Gasteiger partial charge is 0.451 e. The van der Waals surface area contributed by atoms with E-state index in [2.05, 4.69) is 15.3 Å². The SMILES string of the molecule is CNc1cc(N(CCOC)C2CC2)nc(C(F)(F)F)n1. The predicted octanol–water partition coefficient (Wildman–Crippen LogP) is 2.15. The van der Waals surface area contributed by atoms with Gasteiger partial charge in [0.25, 0.3) is 0 Å². The van der Waals surface area contributed by atoms with Gasteiger partial charge in [-0.3, -0.25) is 0 Å². The molecule has 0 saturated heterocycles. The van der Waals surface area contributed by atoms with Gasteiger partial charge in [0.15, 0.2) is 0 Å². The average molecular weight is 290 g/mol. The van der Waals surface area contributed by atoms with Gasteiger partial charge >= 0.3 is 6.18 Å². The van der Waals surface area contributed by atoms with Gasteiger partial charge in [-0.15, -0.1) is 0 Å². The van der Waals surface area contributed by atoms with Crippen LogP contribution in [0.3, 0.4) is 0 Å². The van der Waals surface area contributed by atoms with E-state index in [4.69, 9.17) is 4.74 Å². The zero-order valence-corrected chi connectivity index (χ0v) is 11.4. The number of anilines is 2. The van der Waals surface area contributed by atoms with Gasteiger partial charge in [0.05, 0.1) is 6.61 Å². The Labute approximate surface area is 115 Å². The van der Waals surface area contributed by atoms with Crippen molar-refractivity contribution in [2.75, 3.05) is 37.5 Å². The summed E-state index contributed by atoms with van der Waals surface area (Å²) in [6.45, 7) is 0.954. The third-order valence-corrected chi connectivity index (χ3v) is 3.04. The van der Waals surface area contributed by atoms with Gasteiger partial charge in [-0.05, 0) is 12.8 Å². The molecule has 0 amide bonds. The Bertz CT molecular complexity index is 463. The first-order valence-corrected chi connectivity index (χ1v) is 6.35. The Morgan fingerprint density at radius 1 is 1.40 bits per heavy atom. The average Bonchev–Trinajstić information content (AvgIpc) is 3.22. The molecule has 1 aliphatic rings. The van der Waals surface area contributed by atoms with Crippen molar-refractivity contribution in [2.24, 2.45) is 0 Å². The summed E-state index contributed by atoms with van der Waals surface area (Å²) in [5.74, 6) is -0.677. The van der Waals surface area contributed by atoms with Crippen LogP contribution in [-0.2, 0) is 10.9 Å². The maximum Gasteiger partial charge on any atom is 0.451 e. The summed E-state index contributed by atoms with van der Waals surface area (Å²) in [6, 6.07) is 1.77. The van der Waals surface area contributed by atoms with E-state index in [1.165, 1.54) is 13.1 Å². The van der Waals surface area contributed by atoms with E-state index in [9.17, 15) is 13.2 Å². The smallest absolute Gasteiger partial charge is 0.383 e. The lowest BCUT2D eigenvalue weighted by Crippen LogP contribution is -2.31. The number of alkyl halides is 3. The fourth-order valence-electron chi connectivity index (χ4n) is 1.90. The summed E-state index contributed by atoms with van der Waals surface area (Å²) in [5.41, 5.74) is 0. The van der Waals surface area contributed by atoms with Gasteiger partial charge in [-0.1, -0.05) is 0 Å². The second-order valence-corrected chi connectivity index (χ2v) is 4.60. The van der Waals surface area contributed by atoms with Gasteiger partial charge < -0.3 is 15.0 Å². The first-order valence-electron chi connectivity index (χ1n) is 6.35. The van der Waals surface area contributed by atoms with Crippen LogP contribution < -0.4 is 10.2 Å². The third kappa shape index (κ3) is 3.50. The maximum absolute atomic E-state index is 12.8. The molecular formula is C12H17F3N4O. The molecule has 2 rings (SSSR count). The molecule has 0 aromatic carbocycles. The minimum absolute atomic E-state index is 0.158. The third-order valence-electron chi connectivity index (χ3n) is 3.04. The van der Waals surface area contributed by atoms with Crippen LogP contribution in [0, 0.1) is 0 Å². The van der Waals surface area contributed by atoms with E-state index in [1.54, 1.807) is 7.11 Å². The van der Waals surface area contributed by atoms with Crippen molar-refractivity contribution in [2.45, 2.75) is 25.1 Å². The second kappa shape index (κ2) is 5.82. The van der Waals surface area contributed by atoms with Crippen LogP contribution >= 0.6 is 0 Å². The van der Waals surface area contributed by atoms with Crippen molar-refractivity contribution in [1.82, 2.24) is 9.97 Å². The van der Waals surface area contributed by atoms with Crippen LogP contribution in [0.5, 0.6) is 0 Å². The van der Waals surface area contributed by atoms with Crippen LogP contribution in [0.4, 0.5) is 24.8 Å². The topological polar surface area (TPSA) is 50.3 Å². The molecule has 0 aliphatic heterocycles. The van der Waals surface area contributed by atoms with Crippen LogP contribution in [0.25, 0.3) is 0 Å². The van der Waals surface area contributed by atoms with Crippen molar-refractivity contribution in [3.8, 4) is 0 Å². The number of aromatic nitrogens is 2. The Balaban J connectivity index is 2.32. The maximum atomic E-state index is 12.8. The highest BCUT2D eigenvalue weighted by molar-refractivity contribution is 5.51. The molecule has 1 aromatic rings. The fourth-order valence-corrected chi connectivity index (χ4v) is 1.90. The van der Waals surface area contributed by atoms with Crippen LogP contribution in [0.15, 0.2) is 6.07 Å². The molecule has 0 unspecified atom stereocenters. The van der Waals surface area contributed by atoms with Crippen molar-refractivity contribution in [3.05, 3.63) is 11.9 Å². The van der Waals surface area contributed by atoms with E-state index in [0.717, 1.165) is 12.8 Å². The number of hydrogen-bond donors (Lipinski definition) is 1. The first-order chi connectivity index (χ1) is 9.45. The number of rotatable bonds is 6. The summed E-state index contributed by atoms with van der Waals surface area (Å²) in [7, 11) is 3.09. The van der Waals surface area contributed by atoms with E-state index >= 15 is 0 Å². The zero-order valence-electron chi connectivity index (χ0n) is 11.4. The van der Waals surface area contributed by atoms with Crippen molar-refractivity contribution in [3.63, 3.8) is 0 Å². The van der Waals surface area contributed by atoms with E-state index in [1.807, 2.05) is 4.90 Å². The van der Waals surface area contributed by atoms with Gasteiger partial charge in [0.1, 0.15) is 11.6 Å². The van der Waals surface area contributed by atoms with Crippen LogP contribution in [-0.4, -0.2) is 43.3 Å². The minimum Gasteiger partial charge on any atom is -0.383 e. The number of halogens is 3. The Morgan fingerprint density at radius 3 is 2.60 bits per heavy atom. The van der Waals surface area contributed by atoms with Gasteiger partial charge in [0.2, 0.25) is 5.82 Å². The molecule has 8 heteroatoms. The number of hydrogen-bond acceptors (Lipinski definition) is 5. The normalized spacial score (nSPS) is 15.2. The Morgan fingerprint density at radius 2 is 2.10 bits per heavy atom. The molecule has 1 N–H and O–H groups in total. The lowest BCUT2D eigenvalue weighted by molar-refractivity contribution is -0.144. The van der Waals surface area contributed by atoms with Crippen molar-refractivity contribution < 1.29 is 17.9 Å². The highest BCUT2D eigenvalue weighted by Gasteiger charge is 2.37. The molecule has 0 atom stereocenters. The highest BCUT2D eigenvalue weighted by atomic mass is 19.4. The van der Waals surface area contributed by atoms with Gasteiger partial charge in [-0.25, -0.2) is 9.97 Å². The molecule has 1 aliphatic carbocycles. The number of ether oxygens (including phenoxy) is 1. The van der Waals surface area contributed by atoms with E-state index in [-0.39, 0.29) is 17.7 Å². The Hall–Kier alpha value is -1.57. The summed E-state index contributed by atoms with van der Waals surface area (Å²) in [6.07, 6.45) is -2.63. The van der Waals surface area contributed by atoms with Gasteiger partial charge in [0, 0.05) is 32.8 Å². The second-order valence-electron chi connectivity index (χ2n) is 4.60. The first kappa shape index (κ1) is 14.8. The lowest BCUT2D eigenvalue weighted by Gasteiger charge is -2.24. The molecule has 112 valence electrons. The van der Waals surface area contributed by atoms with Crippen LogP contribution in [0.2, 0.25) is 0 Å². The molecule has 0 bridgehead atoms. The number of nitrogens with one attached hydrogen (secondary N) is 1. The molecule has 0 radical (unpaired) electrons.